The molecule has 1 aliphatic rings. The minimum Gasteiger partial charge on any atom is -0.495 e. The largest absolute Gasteiger partial charge is 0.495 e. The van der Waals surface area contributed by atoms with Crippen LogP contribution in [0.1, 0.15) is 18.5 Å². The van der Waals surface area contributed by atoms with Crippen molar-refractivity contribution in [1.82, 2.24) is 4.98 Å². The second-order valence-corrected chi connectivity index (χ2v) is 11.0. The normalized spacial score (nSPS) is 14.7. The van der Waals surface area contributed by atoms with Crippen LogP contribution in [0.3, 0.4) is 0 Å². The Balaban J connectivity index is 1.60. The number of nitrogens with one attached hydrogen (secondary N) is 2. The lowest BCUT2D eigenvalue weighted by Gasteiger charge is -2.21. The number of hydrogen-bond donors (Lipinski definition) is 2. The quantitative estimate of drug-likeness (QED) is 0.400. The van der Waals surface area contributed by atoms with E-state index in [9.17, 15) is 12.8 Å². The van der Waals surface area contributed by atoms with Crippen LogP contribution in [0.25, 0.3) is 10.4 Å². The van der Waals surface area contributed by atoms with Crippen LogP contribution in [0.4, 0.5) is 15.2 Å². The Morgan fingerprint density at radius 2 is 2.00 bits per heavy atom. The Kier molecular flexibility index (Phi) is 7.61. The summed E-state index contributed by atoms with van der Waals surface area (Å²) in [5.41, 5.74) is 1.56. The number of rotatable bonds is 8. The van der Waals surface area contributed by atoms with Gasteiger partial charge >= 0.3 is 0 Å². The highest BCUT2D eigenvalue weighted by molar-refractivity contribution is 7.92. The van der Waals surface area contributed by atoms with Crippen LogP contribution in [0.5, 0.6) is 5.75 Å². The van der Waals surface area contributed by atoms with Gasteiger partial charge in [0.15, 0.2) is 5.13 Å². The lowest BCUT2D eigenvalue weighted by molar-refractivity contribution is 0.0699. The van der Waals surface area contributed by atoms with Gasteiger partial charge in [0.1, 0.15) is 16.5 Å². The summed E-state index contributed by atoms with van der Waals surface area (Å²) in [6.45, 7) is 4.28. The molecule has 1 fully saturated rings. The van der Waals surface area contributed by atoms with Crippen molar-refractivity contribution in [2.24, 2.45) is 5.92 Å². The molecular weight excluding hydrogens is 501 g/mol. The predicted octanol–water partition coefficient (Wildman–Crippen LogP) is 5.56. The number of ether oxygens (including phenoxy) is 2. The molecule has 2 heterocycles. The first-order chi connectivity index (χ1) is 16.3. The summed E-state index contributed by atoms with van der Waals surface area (Å²) >= 11 is 7.48. The van der Waals surface area contributed by atoms with E-state index in [0.29, 0.717) is 11.5 Å². The second-order valence-electron chi connectivity index (χ2n) is 7.97. The highest BCUT2D eigenvalue weighted by atomic mass is 35.5. The molecule has 4 rings (SSSR count). The Bertz CT molecular complexity index is 1280. The molecule has 1 aliphatic heterocycles. The van der Waals surface area contributed by atoms with Gasteiger partial charge in [-0.05, 0) is 67.6 Å². The number of sulfonamides is 1. The average molecular weight is 526 g/mol. The Morgan fingerprint density at radius 1 is 1.24 bits per heavy atom. The van der Waals surface area contributed by atoms with E-state index in [1.165, 1.54) is 24.5 Å². The number of hydrogen-bond acceptors (Lipinski definition) is 7. The number of methoxy groups -OCH3 is 1. The molecule has 0 unspecified atom stereocenters. The van der Waals surface area contributed by atoms with Gasteiger partial charge in [-0.3, -0.25) is 4.72 Å². The van der Waals surface area contributed by atoms with Gasteiger partial charge in [0, 0.05) is 19.8 Å². The van der Waals surface area contributed by atoms with Crippen molar-refractivity contribution in [1.29, 1.82) is 0 Å². The summed E-state index contributed by atoms with van der Waals surface area (Å²) < 4.78 is 52.9. The zero-order valence-electron chi connectivity index (χ0n) is 18.7. The zero-order valence-corrected chi connectivity index (χ0v) is 21.1. The van der Waals surface area contributed by atoms with Gasteiger partial charge in [0.2, 0.25) is 0 Å². The number of benzene rings is 2. The molecule has 0 amide bonds. The summed E-state index contributed by atoms with van der Waals surface area (Å²) in [5.74, 6) is 0.160. The number of aryl methyl sites for hydroxylation is 1. The molecule has 3 aromatic rings. The summed E-state index contributed by atoms with van der Waals surface area (Å²) in [4.78, 5) is 5.42. The predicted molar refractivity (Wildman–Crippen MR) is 133 cm³/mol. The summed E-state index contributed by atoms with van der Waals surface area (Å²) in [6.07, 6.45) is 2.05. The van der Waals surface area contributed by atoms with E-state index in [-0.39, 0.29) is 21.4 Å². The average Bonchev–Trinajstić information content (AvgIpc) is 3.20. The Labute approximate surface area is 207 Å². The van der Waals surface area contributed by atoms with Gasteiger partial charge in [0.25, 0.3) is 10.0 Å². The molecule has 182 valence electrons. The highest BCUT2D eigenvalue weighted by Gasteiger charge is 2.23. The van der Waals surface area contributed by atoms with Crippen molar-refractivity contribution in [3.63, 3.8) is 0 Å². The third kappa shape index (κ3) is 5.63. The fraction of sp³-hybridized carbons (Fsp3) is 0.348. The van der Waals surface area contributed by atoms with E-state index in [1.54, 1.807) is 18.2 Å². The van der Waals surface area contributed by atoms with E-state index in [1.807, 2.05) is 6.92 Å². The molecule has 0 bridgehead atoms. The fourth-order valence-corrected chi connectivity index (χ4v) is 6.24. The van der Waals surface area contributed by atoms with Crippen molar-refractivity contribution in [3.05, 3.63) is 52.9 Å². The van der Waals surface area contributed by atoms with Crippen molar-refractivity contribution >= 4 is 43.8 Å². The van der Waals surface area contributed by atoms with Crippen molar-refractivity contribution < 1.29 is 22.3 Å². The minimum atomic E-state index is -4.08. The molecule has 11 heteroatoms. The first kappa shape index (κ1) is 24.7. The molecular formula is C23H25ClFN3O4S2. The maximum absolute atomic E-state index is 13.4. The molecule has 1 aromatic heterocycles. The third-order valence-electron chi connectivity index (χ3n) is 5.57. The van der Waals surface area contributed by atoms with Gasteiger partial charge < -0.3 is 14.8 Å². The molecule has 2 N–H and O–H groups in total. The molecule has 34 heavy (non-hydrogen) atoms. The van der Waals surface area contributed by atoms with E-state index in [4.69, 9.17) is 21.1 Å². The van der Waals surface area contributed by atoms with Crippen LogP contribution in [-0.2, 0) is 14.8 Å². The number of anilines is 2. The molecule has 1 saturated heterocycles. The van der Waals surface area contributed by atoms with Crippen LogP contribution >= 0.6 is 22.9 Å². The molecule has 0 saturated carbocycles. The maximum atomic E-state index is 13.4. The van der Waals surface area contributed by atoms with Gasteiger partial charge in [-0.25, -0.2) is 17.8 Å². The van der Waals surface area contributed by atoms with Crippen molar-refractivity contribution in [3.8, 4) is 16.2 Å². The van der Waals surface area contributed by atoms with Crippen LogP contribution in [0.15, 0.2) is 41.3 Å². The number of thiazole rings is 1. The van der Waals surface area contributed by atoms with E-state index < -0.39 is 15.8 Å². The lowest BCUT2D eigenvalue weighted by atomic mass is 10.0. The molecule has 7 nitrogen and oxygen atoms in total. The van der Waals surface area contributed by atoms with E-state index >= 15 is 0 Å². The van der Waals surface area contributed by atoms with Gasteiger partial charge in [-0.15, -0.1) is 0 Å². The first-order valence-corrected chi connectivity index (χ1v) is 13.4. The molecule has 0 spiro atoms. The van der Waals surface area contributed by atoms with Crippen molar-refractivity contribution in [2.75, 3.05) is 36.9 Å². The summed E-state index contributed by atoms with van der Waals surface area (Å²) in [5, 5.41) is 4.15. The SMILES string of the molecule is COc1ccc(-c2sc(NCC3CCOCC3)nc2C)cc1S(=O)(=O)Nc1ccc(F)cc1Cl. The second kappa shape index (κ2) is 10.5. The zero-order chi connectivity index (χ0) is 24.3. The van der Waals surface area contributed by atoms with Gasteiger partial charge in [0.05, 0.1) is 28.4 Å². The lowest BCUT2D eigenvalue weighted by Crippen LogP contribution is -2.22. The molecule has 0 aliphatic carbocycles. The number of aromatic nitrogens is 1. The van der Waals surface area contributed by atoms with Gasteiger partial charge in [-0.2, -0.15) is 0 Å². The summed E-state index contributed by atoms with van der Waals surface area (Å²) in [7, 11) is -2.68. The topological polar surface area (TPSA) is 89.5 Å². The first-order valence-electron chi connectivity index (χ1n) is 10.7. The molecule has 0 radical (unpaired) electrons. The van der Waals surface area contributed by atoms with Crippen LogP contribution in [-0.4, -0.2) is 40.3 Å². The number of halogens is 2. The van der Waals surface area contributed by atoms with E-state index in [2.05, 4.69) is 15.0 Å². The standard InChI is InChI=1S/C23H25ClFN3O4S2/c1-14-22(33-23(27-14)26-13-15-7-9-32-10-8-15)16-3-6-20(31-2)21(11-16)34(29,30)28-19-5-4-17(25)12-18(19)24/h3-6,11-12,15,28H,7-10,13H2,1-2H3,(H,26,27). The smallest absolute Gasteiger partial charge is 0.265 e. The number of nitrogens with zero attached hydrogens (tertiary/aromatic N) is 1. The summed E-state index contributed by atoms with van der Waals surface area (Å²) in [6, 6.07) is 8.39. The monoisotopic (exact) mass is 525 g/mol. The highest BCUT2D eigenvalue weighted by Crippen LogP contribution is 2.37. The van der Waals surface area contributed by atoms with Gasteiger partial charge in [-0.1, -0.05) is 22.9 Å². The molecule has 0 atom stereocenters. The Hall–Kier alpha value is -2.40. The van der Waals surface area contributed by atoms with Crippen LogP contribution < -0.4 is 14.8 Å². The minimum absolute atomic E-state index is 0.0442. The third-order valence-corrected chi connectivity index (χ3v) is 8.43. The molecule has 2 aromatic carbocycles. The van der Waals surface area contributed by atoms with E-state index in [0.717, 1.165) is 60.4 Å². The fourth-order valence-electron chi connectivity index (χ4n) is 3.72. The Morgan fingerprint density at radius 3 is 2.71 bits per heavy atom. The van der Waals surface area contributed by atoms with Crippen LogP contribution in [0.2, 0.25) is 5.02 Å². The van der Waals surface area contributed by atoms with Crippen molar-refractivity contribution in [2.45, 2.75) is 24.7 Å². The van der Waals surface area contributed by atoms with Crippen LogP contribution in [0, 0.1) is 18.7 Å². The maximum Gasteiger partial charge on any atom is 0.265 e.